The fraction of sp³-hybridized carbons (Fsp3) is 0.500. The minimum absolute atomic E-state index is 0.472. The van der Waals surface area contributed by atoms with E-state index in [4.69, 9.17) is 16.3 Å². The van der Waals surface area contributed by atoms with Crippen LogP contribution in [0.5, 0.6) is 5.75 Å². The zero-order chi connectivity index (χ0) is 13.2. The Kier molecular flexibility index (Phi) is 4.31. The normalized spacial score (nSPS) is 13.6. The summed E-state index contributed by atoms with van der Waals surface area (Å²) in [5, 5.41) is -1.06. The zero-order valence-corrected chi connectivity index (χ0v) is 10.6. The summed E-state index contributed by atoms with van der Waals surface area (Å²) in [5.74, 6) is 0.685. The summed E-state index contributed by atoms with van der Waals surface area (Å²) in [7, 11) is 1.53. The smallest absolute Gasteiger partial charge is 0.390 e. The Morgan fingerprint density at radius 1 is 1.24 bits per heavy atom. The Morgan fingerprint density at radius 3 is 2.06 bits per heavy atom. The summed E-state index contributed by atoms with van der Waals surface area (Å²) in [6, 6.07) is 3.27. The summed E-state index contributed by atoms with van der Waals surface area (Å²) in [6.45, 7) is 3.57. The largest absolute Gasteiger partial charge is 0.496 e. The van der Waals surface area contributed by atoms with E-state index in [1.807, 2.05) is 0 Å². The second kappa shape index (κ2) is 5.17. The van der Waals surface area contributed by atoms with E-state index >= 15 is 0 Å². The van der Waals surface area contributed by atoms with Crippen LogP contribution in [0.2, 0.25) is 0 Å². The van der Waals surface area contributed by atoms with Gasteiger partial charge in [0.15, 0.2) is 0 Å². The molecule has 1 aromatic carbocycles. The number of rotatable bonds is 3. The summed E-state index contributed by atoms with van der Waals surface area (Å²) >= 11 is 5.77. The van der Waals surface area contributed by atoms with Gasteiger partial charge < -0.3 is 4.74 Å². The predicted octanol–water partition coefficient (Wildman–Crippen LogP) is 4.54. The van der Waals surface area contributed by atoms with Gasteiger partial charge in [0, 0.05) is 0 Å². The molecule has 0 aromatic heterocycles. The van der Waals surface area contributed by atoms with Crippen LogP contribution in [0.4, 0.5) is 13.2 Å². The van der Waals surface area contributed by atoms with Crippen LogP contribution in [-0.2, 0) is 0 Å². The molecule has 1 unspecified atom stereocenters. The van der Waals surface area contributed by atoms with E-state index in [0.717, 1.165) is 11.1 Å². The Balaban J connectivity index is 3.00. The van der Waals surface area contributed by atoms with Crippen molar-refractivity contribution in [2.75, 3.05) is 7.11 Å². The summed E-state index contributed by atoms with van der Waals surface area (Å²) in [5.41, 5.74) is 2.05. The van der Waals surface area contributed by atoms with Gasteiger partial charge in [-0.3, -0.25) is 0 Å². The minimum Gasteiger partial charge on any atom is -0.496 e. The minimum atomic E-state index is -4.26. The van der Waals surface area contributed by atoms with Gasteiger partial charge >= 0.3 is 6.18 Å². The van der Waals surface area contributed by atoms with Crippen LogP contribution in [-0.4, -0.2) is 13.3 Å². The Morgan fingerprint density at radius 2 is 1.71 bits per heavy atom. The number of benzene rings is 1. The molecule has 1 rings (SSSR count). The summed E-state index contributed by atoms with van der Waals surface area (Å²) in [6.07, 6.45) is -5.28. The molecular formula is C12H14ClF3O. The van der Waals surface area contributed by atoms with Gasteiger partial charge in [-0.05, 0) is 30.5 Å². The van der Waals surface area contributed by atoms with Crippen molar-refractivity contribution in [3.8, 4) is 5.75 Å². The first-order valence-corrected chi connectivity index (χ1v) is 5.54. The number of hydrogen-bond acceptors (Lipinski definition) is 1. The Bertz CT molecular complexity index is 378. The van der Waals surface area contributed by atoms with Gasteiger partial charge in [-0.1, -0.05) is 12.1 Å². The molecule has 0 heterocycles. The lowest BCUT2D eigenvalue weighted by atomic mass is 10.0. The van der Waals surface area contributed by atoms with Crippen LogP contribution in [0, 0.1) is 13.8 Å². The average molecular weight is 267 g/mol. The highest BCUT2D eigenvalue weighted by Crippen LogP contribution is 2.36. The molecule has 0 spiro atoms. The Labute approximate surface area is 104 Å². The van der Waals surface area contributed by atoms with Crippen molar-refractivity contribution in [1.29, 1.82) is 0 Å². The quantitative estimate of drug-likeness (QED) is 0.730. The molecule has 0 bridgehead atoms. The fourth-order valence-corrected chi connectivity index (χ4v) is 2.11. The molecule has 0 aliphatic rings. The van der Waals surface area contributed by atoms with Gasteiger partial charge in [-0.25, -0.2) is 0 Å². The van der Waals surface area contributed by atoms with Crippen molar-refractivity contribution < 1.29 is 17.9 Å². The number of aryl methyl sites for hydroxylation is 2. The number of ether oxygens (including phenoxy) is 1. The number of hydrogen-bond donors (Lipinski definition) is 0. The maximum atomic E-state index is 12.2. The van der Waals surface area contributed by atoms with Crippen LogP contribution in [0.1, 0.15) is 28.5 Å². The van der Waals surface area contributed by atoms with E-state index in [2.05, 4.69) is 0 Å². The van der Waals surface area contributed by atoms with Crippen LogP contribution in [0.3, 0.4) is 0 Å². The molecule has 0 aliphatic heterocycles. The molecule has 0 fully saturated rings. The van der Waals surface area contributed by atoms with E-state index in [1.165, 1.54) is 7.11 Å². The molecule has 0 saturated heterocycles. The molecular weight excluding hydrogens is 253 g/mol. The van der Waals surface area contributed by atoms with E-state index in [9.17, 15) is 13.2 Å². The van der Waals surface area contributed by atoms with Crippen molar-refractivity contribution in [3.63, 3.8) is 0 Å². The summed E-state index contributed by atoms with van der Waals surface area (Å²) < 4.78 is 41.8. The van der Waals surface area contributed by atoms with Gasteiger partial charge in [0.05, 0.1) is 18.9 Å². The lowest BCUT2D eigenvalue weighted by Gasteiger charge is -2.16. The zero-order valence-electron chi connectivity index (χ0n) is 9.86. The first kappa shape index (κ1) is 14.2. The second-order valence-electron chi connectivity index (χ2n) is 3.97. The van der Waals surface area contributed by atoms with E-state index in [-0.39, 0.29) is 0 Å². The van der Waals surface area contributed by atoms with Crippen molar-refractivity contribution in [3.05, 3.63) is 28.8 Å². The first-order valence-electron chi connectivity index (χ1n) is 5.10. The van der Waals surface area contributed by atoms with E-state index in [1.54, 1.807) is 26.0 Å². The van der Waals surface area contributed by atoms with Gasteiger partial charge in [0.1, 0.15) is 5.75 Å². The second-order valence-corrected chi connectivity index (χ2v) is 4.50. The monoisotopic (exact) mass is 266 g/mol. The molecule has 96 valence electrons. The molecule has 1 atom stereocenters. The molecule has 0 N–H and O–H groups in total. The third-order valence-corrected chi connectivity index (χ3v) is 2.87. The SMILES string of the molecule is COc1c(C)cc(C(Cl)CC(F)(F)F)cc1C. The van der Waals surface area contributed by atoms with Gasteiger partial charge in [0.2, 0.25) is 0 Å². The number of methoxy groups -OCH3 is 1. The maximum absolute atomic E-state index is 12.2. The highest BCUT2D eigenvalue weighted by atomic mass is 35.5. The van der Waals surface area contributed by atoms with Gasteiger partial charge in [-0.15, -0.1) is 11.6 Å². The van der Waals surface area contributed by atoms with Gasteiger partial charge in [0.25, 0.3) is 0 Å². The maximum Gasteiger partial charge on any atom is 0.390 e. The molecule has 0 aliphatic carbocycles. The highest BCUT2D eigenvalue weighted by Gasteiger charge is 2.32. The van der Waals surface area contributed by atoms with Crippen molar-refractivity contribution >= 4 is 11.6 Å². The Hall–Kier alpha value is -0.900. The molecule has 17 heavy (non-hydrogen) atoms. The third-order valence-electron chi connectivity index (χ3n) is 2.46. The van der Waals surface area contributed by atoms with Crippen LogP contribution in [0.25, 0.3) is 0 Å². The van der Waals surface area contributed by atoms with Crippen LogP contribution >= 0.6 is 11.6 Å². The topological polar surface area (TPSA) is 9.23 Å². The molecule has 0 radical (unpaired) electrons. The lowest BCUT2D eigenvalue weighted by molar-refractivity contribution is -0.134. The molecule has 1 nitrogen and oxygen atoms in total. The molecule has 5 heteroatoms. The fourth-order valence-electron chi connectivity index (χ4n) is 1.81. The van der Waals surface area contributed by atoms with Crippen molar-refractivity contribution in [2.45, 2.75) is 31.8 Å². The number of alkyl halides is 4. The number of halogens is 4. The first-order chi connectivity index (χ1) is 7.74. The van der Waals surface area contributed by atoms with Crippen molar-refractivity contribution in [1.82, 2.24) is 0 Å². The van der Waals surface area contributed by atoms with Crippen LogP contribution < -0.4 is 4.74 Å². The van der Waals surface area contributed by atoms with E-state index in [0.29, 0.717) is 11.3 Å². The predicted molar refractivity (Wildman–Crippen MR) is 61.7 cm³/mol. The average Bonchev–Trinajstić information content (AvgIpc) is 2.14. The van der Waals surface area contributed by atoms with Crippen LogP contribution in [0.15, 0.2) is 12.1 Å². The highest BCUT2D eigenvalue weighted by molar-refractivity contribution is 6.20. The molecule has 0 amide bonds. The van der Waals surface area contributed by atoms with E-state index < -0.39 is 18.0 Å². The standard InChI is InChI=1S/C12H14ClF3O/c1-7-4-9(5-8(2)11(7)17-3)10(13)6-12(14,15)16/h4-5,10H,6H2,1-3H3. The molecule has 0 saturated carbocycles. The van der Waals surface area contributed by atoms with Gasteiger partial charge in [-0.2, -0.15) is 13.2 Å². The van der Waals surface area contributed by atoms with Crippen molar-refractivity contribution in [2.24, 2.45) is 0 Å². The summed E-state index contributed by atoms with van der Waals surface area (Å²) in [4.78, 5) is 0. The molecule has 1 aromatic rings. The third kappa shape index (κ3) is 3.80. The lowest BCUT2D eigenvalue weighted by Crippen LogP contribution is -2.11.